The maximum atomic E-state index is 12.3. The number of halogens is 1. The van der Waals surface area contributed by atoms with Gasteiger partial charge in [-0.05, 0) is 25.5 Å². The zero-order valence-corrected chi connectivity index (χ0v) is 14.8. The van der Waals surface area contributed by atoms with E-state index in [1.54, 1.807) is 17.9 Å². The lowest BCUT2D eigenvalue weighted by molar-refractivity contribution is -0.128. The third kappa shape index (κ3) is 3.96. The van der Waals surface area contributed by atoms with Crippen LogP contribution in [0.1, 0.15) is 28.5 Å². The molecule has 7 nitrogen and oxygen atoms in total. The number of pyridine rings is 1. The Hall–Kier alpha value is -1.86. The highest BCUT2D eigenvalue weighted by Crippen LogP contribution is 2.24. The largest absolute Gasteiger partial charge is 0.462 e. The summed E-state index contributed by atoms with van der Waals surface area (Å²) < 4.78 is 5.15. The first kappa shape index (κ1) is 18.5. The van der Waals surface area contributed by atoms with Crippen LogP contribution in [0.25, 0.3) is 0 Å². The lowest BCUT2D eigenvalue weighted by atomic mass is 10.1. The highest BCUT2D eigenvalue weighted by molar-refractivity contribution is 6.27. The molecule has 2 rings (SSSR count). The predicted octanol–water partition coefficient (Wildman–Crippen LogP) is 0.913. The van der Waals surface area contributed by atoms with Crippen LogP contribution in [0.2, 0.25) is 0 Å². The summed E-state index contributed by atoms with van der Waals surface area (Å²) in [5.74, 6) is 0.0797. The zero-order chi connectivity index (χ0) is 17.7. The van der Waals surface area contributed by atoms with Crippen molar-refractivity contribution in [1.29, 1.82) is 0 Å². The second-order valence-corrected chi connectivity index (χ2v) is 5.80. The van der Waals surface area contributed by atoms with Crippen LogP contribution in [0, 0.1) is 6.92 Å². The maximum Gasteiger partial charge on any atom is 0.341 e. The number of carbonyl (C=O) groups is 2. The average molecular weight is 355 g/mol. The molecule has 0 saturated carbocycles. The molecule has 0 unspecified atom stereocenters. The summed E-state index contributed by atoms with van der Waals surface area (Å²) >= 11 is 5.60. The molecule has 1 aromatic heterocycles. The summed E-state index contributed by atoms with van der Waals surface area (Å²) in [5.41, 5.74) is 7.75. The van der Waals surface area contributed by atoms with Crippen molar-refractivity contribution in [2.24, 2.45) is 5.73 Å². The number of aryl methyl sites for hydroxylation is 1. The number of alkyl halides is 1. The molecule has 1 aromatic rings. The number of piperazine rings is 1. The Kier molecular flexibility index (Phi) is 6.39. The van der Waals surface area contributed by atoms with E-state index in [1.165, 1.54) is 0 Å². The summed E-state index contributed by atoms with van der Waals surface area (Å²) in [7, 11) is 0. The molecule has 0 atom stereocenters. The number of hydrogen-bond acceptors (Lipinski definition) is 6. The lowest BCUT2D eigenvalue weighted by Gasteiger charge is -2.36. The standard InChI is InChI=1S/C16H23ClN4O3/c1-3-24-16(23)13-8-12(10-18)11(2)19-15(13)21-6-4-20(5-7-21)14(22)9-17/h8H,3-7,9-10,18H2,1-2H3. The van der Waals surface area contributed by atoms with E-state index < -0.39 is 5.97 Å². The fraction of sp³-hybridized carbons (Fsp3) is 0.562. The van der Waals surface area contributed by atoms with Gasteiger partial charge in [-0.2, -0.15) is 0 Å². The normalized spacial score (nSPS) is 14.7. The number of carbonyl (C=O) groups excluding carboxylic acids is 2. The van der Waals surface area contributed by atoms with Crippen LogP contribution in [0.3, 0.4) is 0 Å². The monoisotopic (exact) mass is 354 g/mol. The van der Waals surface area contributed by atoms with Crippen molar-refractivity contribution in [2.75, 3.05) is 43.6 Å². The van der Waals surface area contributed by atoms with Gasteiger partial charge >= 0.3 is 5.97 Å². The van der Waals surface area contributed by atoms with Gasteiger partial charge in [0.2, 0.25) is 5.91 Å². The number of anilines is 1. The molecule has 1 amide bonds. The van der Waals surface area contributed by atoms with Crippen LogP contribution in [0.5, 0.6) is 0 Å². The summed E-state index contributed by atoms with van der Waals surface area (Å²) in [6.07, 6.45) is 0. The Morgan fingerprint density at radius 1 is 1.33 bits per heavy atom. The second-order valence-electron chi connectivity index (χ2n) is 5.53. The van der Waals surface area contributed by atoms with Gasteiger partial charge in [0.05, 0.1) is 6.61 Å². The van der Waals surface area contributed by atoms with Crippen LogP contribution in [0.4, 0.5) is 5.82 Å². The van der Waals surface area contributed by atoms with Gasteiger partial charge < -0.3 is 20.3 Å². The summed E-state index contributed by atoms with van der Waals surface area (Å²) in [6, 6.07) is 1.76. The first-order valence-electron chi connectivity index (χ1n) is 7.98. The van der Waals surface area contributed by atoms with Crippen molar-refractivity contribution in [3.63, 3.8) is 0 Å². The van der Waals surface area contributed by atoms with Crippen LogP contribution >= 0.6 is 11.6 Å². The number of esters is 1. The Morgan fingerprint density at radius 3 is 2.54 bits per heavy atom. The minimum atomic E-state index is -0.408. The molecule has 0 aliphatic carbocycles. The Morgan fingerprint density at radius 2 is 2.00 bits per heavy atom. The van der Waals surface area contributed by atoms with E-state index in [1.807, 2.05) is 11.8 Å². The SMILES string of the molecule is CCOC(=O)c1cc(CN)c(C)nc1N1CCN(C(=O)CCl)CC1. The summed E-state index contributed by atoms with van der Waals surface area (Å²) in [6.45, 7) is 6.51. The van der Waals surface area contributed by atoms with Crippen LogP contribution in [-0.2, 0) is 16.1 Å². The van der Waals surface area contributed by atoms with Crippen LogP contribution < -0.4 is 10.6 Å². The maximum absolute atomic E-state index is 12.3. The van der Waals surface area contributed by atoms with Gasteiger partial charge in [-0.3, -0.25) is 4.79 Å². The third-order valence-corrected chi connectivity index (χ3v) is 4.29. The smallest absolute Gasteiger partial charge is 0.341 e. The minimum Gasteiger partial charge on any atom is -0.462 e. The molecule has 0 bridgehead atoms. The summed E-state index contributed by atoms with van der Waals surface area (Å²) in [4.78, 5) is 32.3. The molecule has 8 heteroatoms. The first-order chi connectivity index (χ1) is 11.5. The molecule has 24 heavy (non-hydrogen) atoms. The quantitative estimate of drug-likeness (QED) is 0.624. The average Bonchev–Trinajstić information content (AvgIpc) is 2.61. The predicted molar refractivity (Wildman–Crippen MR) is 92.3 cm³/mol. The van der Waals surface area contributed by atoms with E-state index in [0.717, 1.165) is 11.3 Å². The van der Waals surface area contributed by atoms with Crippen molar-refractivity contribution in [3.8, 4) is 0 Å². The first-order valence-corrected chi connectivity index (χ1v) is 8.51. The minimum absolute atomic E-state index is 0.0172. The molecule has 1 saturated heterocycles. The van der Waals surface area contributed by atoms with Crippen molar-refractivity contribution in [2.45, 2.75) is 20.4 Å². The van der Waals surface area contributed by atoms with E-state index in [2.05, 4.69) is 4.98 Å². The number of nitrogens with two attached hydrogens (primary N) is 1. The highest BCUT2D eigenvalue weighted by atomic mass is 35.5. The molecule has 1 aliphatic heterocycles. The Balaban J connectivity index is 2.27. The Bertz CT molecular complexity index is 616. The Labute approximate surface area is 146 Å². The van der Waals surface area contributed by atoms with Crippen molar-refractivity contribution < 1.29 is 14.3 Å². The highest BCUT2D eigenvalue weighted by Gasteiger charge is 2.26. The lowest BCUT2D eigenvalue weighted by Crippen LogP contribution is -2.49. The van der Waals surface area contributed by atoms with Crippen molar-refractivity contribution >= 4 is 29.3 Å². The number of amides is 1. The van der Waals surface area contributed by atoms with Gasteiger partial charge in [0.25, 0.3) is 0 Å². The van der Waals surface area contributed by atoms with E-state index in [0.29, 0.717) is 50.7 Å². The molecule has 2 heterocycles. The number of aromatic nitrogens is 1. The van der Waals surface area contributed by atoms with E-state index >= 15 is 0 Å². The molecular formula is C16H23ClN4O3. The topological polar surface area (TPSA) is 88.8 Å². The van der Waals surface area contributed by atoms with Crippen LogP contribution in [0.15, 0.2) is 6.07 Å². The molecule has 132 valence electrons. The molecule has 0 spiro atoms. The molecular weight excluding hydrogens is 332 g/mol. The fourth-order valence-electron chi connectivity index (χ4n) is 2.69. The van der Waals surface area contributed by atoms with Gasteiger partial charge in [-0.15, -0.1) is 11.6 Å². The summed E-state index contributed by atoms with van der Waals surface area (Å²) in [5, 5.41) is 0. The molecule has 0 aromatic carbocycles. The van der Waals surface area contributed by atoms with Gasteiger partial charge in [-0.25, -0.2) is 9.78 Å². The zero-order valence-electron chi connectivity index (χ0n) is 14.0. The van der Waals surface area contributed by atoms with Gasteiger partial charge in [-0.1, -0.05) is 0 Å². The molecule has 1 fully saturated rings. The van der Waals surface area contributed by atoms with E-state index in [9.17, 15) is 9.59 Å². The molecule has 1 aliphatic rings. The third-order valence-electron chi connectivity index (χ3n) is 4.06. The number of nitrogens with zero attached hydrogens (tertiary/aromatic N) is 3. The number of hydrogen-bond donors (Lipinski definition) is 1. The van der Waals surface area contributed by atoms with Crippen molar-refractivity contribution in [3.05, 3.63) is 22.9 Å². The van der Waals surface area contributed by atoms with Gasteiger partial charge in [0.15, 0.2) is 0 Å². The second kappa shape index (κ2) is 8.30. The van der Waals surface area contributed by atoms with Gasteiger partial charge in [0, 0.05) is 38.4 Å². The fourth-order valence-corrected chi connectivity index (χ4v) is 2.86. The molecule has 0 radical (unpaired) electrons. The van der Waals surface area contributed by atoms with E-state index in [4.69, 9.17) is 22.1 Å². The number of rotatable bonds is 5. The van der Waals surface area contributed by atoms with Crippen molar-refractivity contribution in [1.82, 2.24) is 9.88 Å². The van der Waals surface area contributed by atoms with Gasteiger partial charge in [0.1, 0.15) is 17.3 Å². The van der Waals surface area contributed by atoms with E-state index in [-0.39, 0.29) is 11.8 Å². The molecule has 2 N–H and O–H groups in total. The number of ether oxygens (including phenoxy) is 1. The van der Waals surface area contributed by atoms with Crippen LogP contribution in [-0.4, -0.2) is 60.4 Å².